The van der Waals surface area contributed by atoms with E-state index in [1.807, 2.05) is 36.4 Å². The molecule has 0 saturated heterocycles. The zero-order valence-electron chi connectivity index (χ0n) is 10.0. The predicted octanol–water partition coefficient (Wildman–Crippen LogP) is 2.85. The van der Waals surface area contributed by atoms with E-state index in [2.05, 4.69) is 15.0 Å². The summed E-state index contributed by atoms with van der Waals surface area (Å²) in [4.78, 5) is 12.6. The number of anilines is 1. The van der Waals surface area contributed by atoms with E-state index in [0.717, 1.165) is 16.6 Å². The lowest BCUT2D eigenvalue weighted by Crippen LogP contribution is -2.01. The maximum absolute atomic E-state index is 6.08. The largest absolute Gasteiger partial charge is 0.382 e. The maximum Gasteiger partial charge on any atom is 0.145 e. The maximum atomic E-state index is 6.08. The SMILES string of the molecule is Nc1ncnc(Cc2ccc3ccccc3n2)c1Cl. The fourth-order valence-electron chi connectivity index (χ4n) is 1.92. The van der Waals surface area contributed by atoms with Crippen LogP contribution in [0.4, 0.5) is 5.82 Å². The highest BCUT2D eigenvalue weighted by molar-refractivity contribution is 6.33. The highest BCUT2D eigenvalue weighted by atomic mass is 35.5. The van der Waals surface area contributed by atoms with Gasteiger partial charge in [-0.15, -0.1) is 0 Å². The molecule has 3 aromatic rings. The minimum Gasteiger partial charge on any atom is -0.382 e. The van der Waals surface area contributed by atoms with E-state index in [1.54, 1.807) is 0 Å². The third-order valence-electron chi connectivity index (χ3n) is 2.89. The number of hydrogen-bond donors (Lipinski definition) is 1. The lowest BCUT2D eigenvalue weighted by molar-refractivity contribution is 1.000. The van der Waals surface area contributed by atoms with Crippen LogP contribution in [0.15, 0.2) is 42.7 Å². The smallest absolute Gasteiger partial charge is 0.145 e. The minimum absolute atomic E-state index is 0.299. The van der Waals surface area contributed by atoms with E-state index in [-0.39, 0.29) is 0 Å². The number of benzene rings is 1. The van der Waals surface area contributed by atoms with Crippen LogP contribution in [0.1, 0.15) is 11.4 Å². The highest BCUT2D eigenvalue weighted by Crippen LogP contribution is 2.21. The molecule has 2 N–H and O–H groups in total. The number of nitrogen functional groups attached to an aromatic ring is 1. The molecule has 0 aliphatic heterocycles. The average Bonchev–Trinajstić information content (AvgIpc) is 2.44. The Morgan fingerprint density at radius 2 is 1.89 bits per heavy atom. The first kappa shape index (κ1) is 11.9. The predicted molar refractivity (Wildman–Crippen MR) is 76.0 cm³/mol. The van der Waals surface area contributed by atoms with E-state index >= 15 is 0 Å². The molecule has 2 aromatic heterocycles. The van der Waals surface area contributed by atoms with Crippen molar-refractivity contribution in [2.45, 2.75) is 6.42 Å². The van der Waals surface area contributed by atoms with Crippen molar-refractivity contribution in [2.24, 2.45) is 0 Å². The lowest BCUT2D eigenvalue weighted by Gasteiger charge is -2.05. The first-order valence-electron chi connectivity index (χ1n) is 5.83. The Bertz CT molecular complexity index is 742. The molecule has 94 valence electrons. The number of pyridine rings is 1. The van der Waals surface area contributed by atoms with Crippen LogP contribution in [-0.2, 0) is 6.42 Å². The monoisotopic (exact) mass is 270 g/mol. The molecule has 5 heteroatoms. The number of fused-ring (bicyclic) bond motifs is 1. The van der Waals surface area contributed by atoms with Crippen LogP contribution in [0.2, 0.25) is 5.02 Å². The molecule has 0 aliphatic rings. The quantitative estimate of drug-likeness (QED) is 0.778. The van der Waals surface area contributed by atoms with Gasteiger partial charge >= 0.3 is 0 Å². The van der Waals surface area contributed by atoms with Gasteiger partial charge in [0.1, 0.15) is 17.2 Å². The summed E-state index contributed by atoms with van der Waals surface area (Å²) in [7, 11) is 0. The fourth-order valence-corrected chi connectivity index (χ4v) is 2.09. The van der Waals surface area contributed by atoms with Crippen molar-refractivity contribution in [3.8, 4) is 0 Å². The molecule has 0 saturated carbocycles. The van der Waals surface area contributed by atoms with Crippen LogP contribution < -0.4 is 5.73 Å². The summed E-state index contributed by atoms with van der Waals surface area (Å²) in [6.45, 7) is 0. The molecule has 2 heterocycles. The van der Waals surface area contributed by atoms with Gasteiger partial charge in [0.05, 0.1) is 11.2 Å². The van der Waals surface area contributed by atoms with Gasteiger partial charge < -0.3 is 5.73 Å². The highest BCUT2D eigenvalue weighted by Gasteiger charge is 2.08. The molecule has 0 aliphatic carbocycles. The van der Waals surface area contributed by atoms with E-state index in [4.69, 9.17) is 17.3 Å². The molecule has 19 heavy (non-hydrogen) atoms. The number of aromatic nitrogens is 3. The van der Waals surface area contributed by atoms with Gasteiger partial charge in [-0.1, -0.05) is 35.9 Å². The van der Waals surface area contributed by atoms with Gasteiger partial charge in [0.2, 0.25) is 0 Å². The van der Waals surface area contributed by atoms with Gasteiger partial charge in [-0.25, -0.2) is 9.97 Å². The number of para-hydroxylation sites is 1. The molecule has 0 atom stereocenters. The zero-order chi connectivity index (χ0) is 13.2. The topological polar surface area (TPSA) is 64.7 Å². The van der Waals surface area contributed by atoms with Gasteiger partial charge in [0.15, 0.2) is 0 Å². The van der Waals surface area contributed by atoms with E-state index in [9.17, 15) is 0 Å². The summed E-state index contributed by atoms with van der Waals surface area (Å²) >= 11 is 6.08. The summed E-state index contributed by atoms with van der Waals surface area (Å²) in [5, 5.41) is 1.51. The second-order valence-electron chi connectivity index (χ2n) is 4.19. The molecule has 1 aromatic carbocycles. The Hall–Kier alpha value is -2.20. The van der Waals surface area contributed by atoms with Crippen molar-refractivity contribution in [3.63, 3.8) is 0 Å². The van der Waals surface area contributed by atoms with Crippen molar-refractivity contribution in [1.29, 1.82) is 0 Å². The van der Waals surface area contributed by atoms with E-state index in [0.29, 0.717) is 23.0 Å². The van der Waals surface area contributed by atoms with Crippen LogP contribution in [0, 0.1) is 0 Å². The normalized spacial score (nSPS) is 10.8. The summed E-state index contributed by atoms with van der Waals surface area (Å²) in [6, 6.07) is 12.0. The van der Waals surface area contributed by atoms with Crippen molar-refractivity contribution >= 4 is 28.3 Å². The third kappa shape index (κ3) is 2.35. The molecule has 0 radical (unpaired) electrons. The molecule has 4 nitrogen and oxygen atoms in total. The summed E-state index contributed by atoms with van der Waals surface area (Å²) in [6.07, 6.45) is 1.95. The number of hydrogen-bond acceptors (Lipinski definition) is 4. The first-order chi connectivity index (χ1) is 9.24. The Morgan fingerprint density at radius 3 is 2.79 bits per heavy atom. The summed E-state index contributed by atoms with van der Waals surface area (Å²) in [5.74, 6) is 0.299. The van der Waals surface area contributed by atoms with Crippen molar-refractivity contribution < 1.29 is 0 Å². The Labute approximate surface area is 115 Å². The van der Waals surface area contributed by atoms with Gasteiger partial charge in [0.25, 0.3) is 0 Å². The van der Waals surface area contributed by atoms with Crippen LogP contribution in [0.3, 0.4) is 0 Å². The molecular formula is C14H11ClN4. The molecular weight excluding hydrogens is 260 g/mol. The second-order valence-corrected chi connectivity index (χ2v) is 4.57. The van der Waals surface area contributed by atoms with Gasteiger partial charge in [-0.05, 0) is 12.1 Å². The van der Waals surface area contributed by atoms with Gasteiger partial charge in [-0.2, -0.15) is 0 Å². The second kappa shape index (κ2) is 4.82. The third-order valence-corrected chi connectivity index (χ3v) is 3.31. The van der Waals surface area contributed by atoms with Crippen molar-refractivity contribution in [1.82, 2.24) is 15.0 Å². The van der Waals surface area contributed by atoms with Crippen LogP contribution in [-0.4, -0.2) is 15.0 Å². The van der Waals surface area contributed by atoms with Gasteiger partial charge in [0, 0.05) is 17.5 Å². The van der Waals surface area contributed by atoms with E-state index in [1.165, 1.54) is 6.33 Å². The van der Waals surface area contributed by atoms with Crippen molar-refractivity contribution in [3.05, 3.63) is 59.1 Å². The number of halogens is 1. The van der Waals surface area contributed by atoms with Crippen LogP contribution in [0.25, 0.3) is 10.9 Å². The zero-order valence-corrected chi connectivity index (χ0v) is 10.8. The minimum atomic E-state index is 0.299. The number of rotatable bonds is 2. The van der Waals surface area contributed by atoms with E-state index < -0.39 is 0 Å². The number of nitrogens with two attached hydrogens (primary N) is 1. The average molecular weight is 271 g/mol. The Morgan fingerprint density at radius 1 is 1.05 bits per heavy atom. The van der Waals surface area contributed by atoms with Crippen LogP contribution in [0.5, 0.6) is 0 Å². The standard InChI is InChI=1S/C14H11ClN4/c15-13-12(17-8-18-14(13)16)7-10-6-5-9-3-1-2-4-11(9)19-10/h1-6,8H,7H2,(H2,16,17,18). The summed E-state index contributed by atoms with van der Waals surface area (Å²) in [5.41, 5.74) is 8.21. The Kier molecular flexibility index (Phi) is 3.01. The fraction of sp³-hybridized carbons (Fsp3) is 0.0714. The molecule has 0 spiro atoms. The Balaban J connectivity index is 1.99. The molecule has 0 amide bonds. The number of nitrogens with zero attached hydrogens (tertiary/aromatic N) is 3. The molecule has 0 unspecified atom stereocenters. The lowest BCUT2D eigenvalue weighted by atomic mass is 10.1. The molecule has 3 rings (SSSR count). The first-order valence-corrected chi connectivity index (χ1v) is 6.21. The summed E-state index contributed by atoms with van der Waals surface area (Å²) < 4.78 is 0. The van der Waals surface area contributed by atoms with Crippen molar-refractivity contribution in [2.75, 3.05) is 5.73 Å². The van der Waals surface area contributed by atoms with Crippen LogP contribution >= 0.6 is 11.6 Å². The van der Waals surface area contributed by atoms with Gasteiger partial charge in [-0.3, -0.25) is 4.98 Å². The molecule has 0 bridgehead atoms. The molecule has 0 fully saturated rings.